The number of piperazine rings is 1. The average Bonchev–Trinajstić information content (AvgIpc) is 2.67. The van der Waals surface area contributed by atoms with E-state index in [1.807, 2.05) is 19.1 Å². The normalized spacial score (nSPS) is 23.3. The molecule has 0 radical (unpaired) electrons. The summed E-state index contributed by atoms with van der Waals surface area (Å²) in [6.45, 7) is 8.26. The van der Waals surface area contributed by atoms with Gasteiger partial charge in [0, 0.05) is 38.4 Å². The lowest BCUT2D eigenvalue weighted by Crippen LogP contribution is -2.54. The Kier molecular flexibility index (Phi) is 6.26. The highest BCUT2D eigenvalue weighted by Crippen LogP contribution is 2.18. The van der Waals surface area contributed by atoms with Gasteiger partial charge in [0.05, 0.1) is 6.04 Å². The molecule has 25 heavy (non-hydrogen) atoms. The molecule has 0 bridgehead atoms. The first-order chi connectivity index (χ1) is 12.1. The number of rotatable bonds is 5. The summed E-state index contributed by atoms with van der Waals surface area (Å²) in [5.41, 5.74) is 1.04. The molecule has 138 valence electrons. The van der Waals surface area contributed by atoms with Crippen LogP contribution in [-0.4, -0.2) is 62.7 Å². The molecule has 2 unspecified atom stereocenters. The topological polar surface area (TPSA) is 47.6 Å². The van der Waals surface area contributed by atoms with Crippen molar-refractivity contribution in [1.29, 1.82) is 0 Å². The van der Waals surface area contributed by atoms with E-state index in [4.69, 9.17) is 0 Å². The van der Waals surface area contributed by atoms with Crippen molar-refractivity contribution in [2.45, 2.75) is 25.8 Å². The molecule has 2 atom stereocenters. The number of benzene rings is 1. The van der Waals surface area contributed by atoms with Crippen molar-refractivity contribution in [3.8, 4) is 0 Å². The number of nitrogens with zero attached hydrogens (tertiary/aromatic N) is 2. The molecular formula is C19H29FN4O. The highest BCUT2D eigenvalue weighted by Gasteiger charge is 2.26. The van der Waals surface area contributed by atoms with Crippen LogP contribution in [0.2, 0.25) is 0 Å². The Balaban J connectivity index is 1.43. The number of hydrogen-bond donors (Lipinski definition) is 2. The van der Waals surface area contributed by atoms with Gasteiger partial charge in [-0.25, -0.2) is 4.39 Å². The average molecular weight is 348 g/mol. The number of piperidine rings is 1. The van der Waals surface area contributed by atoms with Gasteiger partial charge in [0.1, 0.15) is 5.82 Å². The van der Waals surface area contributed by atoms with E-state index in [0.717, 1.165) is 51.5 Å². The monoisotopic (exact) mass is 348 g/mol. The van der Waals surface area contributed by atoms with Gasteiger partial charge in [-0.2, -0.15) is 0 Å². The van der Waals surface area contributed by atoms with Crippen molar-refractivity contribution in [2.24, 2.45) is 5.92 Å². The van der Waals surface area contributed by atoms with Crippen LogP contribution in [0, 0.1) is 11.7 Å². The molecule has 2 fully saturated rings. The Morgan fingerprint density at radius 3 is 2.64 bits per heavy atom. The van der Waals surface area contributed by atoms with Crippen LogP contribution in [-0.2, 0) is 4.79 Å². The van der Waals surface area contributed by atoms with E-state index >= 15 is 0 Å². The highest BCUT2D eigenvalue weighted by molar-refractivity contribution is 5.81. The largest absolute Gasteiger partial charge is 0.369 e. The van der Waals surface area contributed by atoms with Crippen LogP contribution in [0.15, 0.2) is 24.3 Å². The van der Waals surface area contributed by atoms with Gasteiger partial charge in [0.25, 0.3) is 0 Å². The van der Waals surface area contributed by atoms with Crippen molar-refractivity contribution in [2.75, 3.05) is 50.7 Å². The van der Waals surface area contributed by atoms with Crippen LogP contribution < -0.4 is 15.5 Å². The maximum atomic E-state index is 13.0. The minimum Gasteiger partial charge on any atom is -0.369 e. The van der Waals surface area contributed by atoms with E-state index in [1.54, 1.807) is 0 Å². The fourth-order valence-corrected chi connectivity index (χ4v) is 3.68. The van der Waals surface area contributed by atoms with Crippen molar-refractivity contribution >= 4 is 11.6 Å². The molecule has 0 saturated carbocycles. The quantitative estimate of drug-likeness (QED) is 0.846. The number of carbonyl (C=O) groups excluding carboxylic acids is 1. The first-order valence-electron chi connectivity index (χ1n) is 9.36. The van der Waals surface area contributed by atoms with Crippen molar-refractivity contribution in [3.05, 3.63) is 30.1 Å². The fourth-order valence-electron chi connectivity index (χ4n) is 3.68. The molecule has 2 saturated heterocycles. The standard InChI is InChI=1S/C19H29FN4O/c1-15(19(25)22-14-16-3-2-8-21-13-16)23-9-11-24(12-10-23)18-6-4-17(20)5-7-18/h4-7,15-16,21H,2-3,8-14H2,1H3,(H,22,25). The zero-order chi connectivity index (χ0) is 17.6. The predicted octanol–water partition coefficient (Wildman–Crippen LogP) is 1.45. The molecule has 2 N–H and O–H groups in total. The molecule has 2 heterocycles. The molecule has 2 aliphatic heterocycles. The molecular weight excluding hydrogens is 319 g/mol. The maximum absolute atomic E-state index is 13.0. The molecule has 6 heteroatoms. The van der Waals surface area contributed by atoms with E-state index in [9.17, 15) is 9.18 Å². The lowest BCUT2D eigenvalue weighted by Gasteiger charge is -2.38. The van der Waals surface area contributed by atoms with Gasteiger partial charge < -0.3 is 15.5 Å². The highest BCUT2D eigenvalue weighted by atomic mass is 19.1. The van der Waals surface area contributed by atoms with Gasteiger partial charge in [-0.15, -0.1) is 0 Å². The smallest absolute Gasteiger partial charge is 0.237 e. The van der Waals surface area contributed by atoms with Crippen LogP contribution in [0.5, 0.6) is 0 Å². The Labute approximate surface area is 149 Å². The minimum atomic E-state index is -0.208. The molecule has 3 rings (SSSR count). The van der Waals surface area contributed by atoms with Crippen molar-refractivity contribution < 1.29 is 9.18 Å². The molecule has 1 aromatic rings. The second-order valence-electron chi connectivity index (χ2n) is 7.13. The number of hydrogen-bond acceptors (Lipinski definition) is 4. The Hall–Kier alpha value is -1.66. The fraction of sp³-hybridized carbons (Fsp3) is 0.632. The van der Waals surface area contributed by atoms with Gasteiger partial charge in [0.2, 0.25) is 5.91 Å². The first-order valence-corrected chi connectivity index (χ1v) is 9.36. The Bertz CT molecular complexity index is 551. The second kappa shape index (κ2) is 8.63. The summed E-state index contributed by atoms with van der Waals surface area (Å²) in [4.78, 5) is 16.9. The Morgan fingerprint density at radius 2 is 2.00 bits per heavy atom. The van der Waals surface area contributed by atoms with E-state index < -0.39 is 0 Å². The van der Waals surface area contributed by atoms with Crippen molar-refractivity contribution in [1.82, 2.24) is 15.5 Å². The van der Waals surface area contributed by atoms with Gasteiger partial charge in [0.15, 0.2) is 0 Å². The van der Waals surface area contributed by atoms with E-state index in [0.29, 0.717) is 5.92 Å². The predicted molar refractivity (Wildman–Crippen MR) is 98.3 cm³/mol. The summed E-state index contributed by atoms with van der Waals surface area (Å²) in [7, 11) is 0. The molecule has 5 nitrogen and oxygen atoms in total. The van der Waals surface area contributed by atoms with Crippen LogP contribution in [0.1, 0.15) is 19.8 Å². The third kappa shape index (κ3) is 4.92. The van der Waals surface area contributed by atoms with Crippen LogP contribution in [0.3, 0.4) is 0 Å². The SMILES string of the molecule is CC(C(=O)NCC1CCCNC1)N1CCN(c2ccc(F)cc2)CC1. The van der Waals surface area contributed by atoms with E-state index in [-0.39, 0.29) is 17.8 Å². The zero-order valence-electron chi connectivity index (χ0n) is 15.0. The summed E-state index contributed by atoms with van der Waals surface area (Å²) in [6.07, 6.45) is 2.39. The molecule has 0 spiro atoms. The Morgan fingerprint density at radius 1 is 1.28 bits per heavy atom. The van der Waals surface area contributed by atoms with Crippen LogP contribution in [0.25, 0.3) is 0 Å². The summed E-state index contributed by atoms with van der Waals surface area (Å²) in [5, 5.41) is 6.51. The molecule has 0 aliphatic carbocycles. The number of nitrogens with one attached hydrogen (secondary N) is 2. The first kappa shape index (κ1) is 18.1. The van der Waals surface area contributed by atoms with Crippen LogP contribution in [0.4, 0.5) is 10.1 Å². The number of anilines is 1. The summed E-state index contributed by atoms with van der Waals surface area (Å²) in [5.74, 6) is 0.474. The van der Waals surface area contributed by atoms with Gasteiger partial charge in [-0.05, 0) is 63.0 Å². The summed E-state index contributed by atoms with van der Waals surface area (Å²) in [6, 6.07) is 6.53. The molecule has 0 aromatic heterocycles. The molecule has 2 aliphatic rings. The third-order valence-electron chi connectivity index (χ3n) is 5.40. The third-order valence-corrected chi connectivity index (χ3v) is 5.40. The maximum Gasteiger partial charge on any atom is 0.237 e. The van der Waals surface area contributed by atoms with E-state index in [1.165, 1.54) is 25.0 Å². The van der Waals surface area contributed by atoms with Gasteiger partial charge >= 0.3 is 0 Å². The van der Waals surface area contributed by atoms with Crippen LogP contribution >= 0.6 is 0 Å². The molecule has 1 amide bonds. The van der Waals surface area contributed by atoms with Gasteiger partial charge in [-0.3, -0.25) is 9.69 Å². The summed E-state index contributed by atoms with van der Waals surface area (Å²) >= 11 is 0. The number of carbonyl (C=O) groups is 1. The van der Waals surface area contributed by atoms with E-state index in [2.05, 4.69) is 20.4 Å². The summed E-state index contributed by atoms with van der Waals surface area (Å²) < 4.78 is 13.0. The zero-order valence-corrected chi connectivity index (χ0v) is 15.0. The second-order valence-corrected chi connectivity index (χ2v) is 7.13. The minimum absolute atomic E-state index is 0.105. The molecule has 1 aromatic carbocycles. The lowest BCUT2D eigenvalue weighted by atomic mass is 9.99. The lowest BCUT2D eigenvalue weighted by molar-refractivity contribution is -0.126. The number of halogens is 1. The number of amides is 1. The van der Waals surface area contributed by atoms with Gasteiger partial charge in [-0.1, -0.05) is 0 Å². The van der Waals surface area contributed by atoms with Crippen molar-refractivity contribution in [3.63, 3.8) is 0 Å².